The van der Waals surface area contributed by atoms with Gasteiger partial charge in [-0.2, -0.15) is 0 Å². The van der Waals surface area contributed by atoms with E-state index in [0.717, 1.165) is 0 Å². The van der Waals surface area contributed by atoms with Crippen LogP contribution in [0.4, 0.5) is 11.4 Å². The fourth-order valence-electron chi connectivity index (χ4n) is 4.41. The molecule has 2 nitrogen and oxygen atoms in total. The first-order chi connectivity index (χ1) is 15.2. The third-order valence-corrected chi connectivity index (χ3v) is 6.08. The van der Waals surface area contributed by atoms with Crippen molar-refractivity contribution in [3.05, 3.63) is 83.9 Å². The van der Waals surface area contributed by atoms with Crippen LogP contribution in [0.1, 0.15) is 50.7 Å². The zero-order chi connectivity index (χ0) is 23.4. The number of anilines is 2. The molecule has 0 saturated carbocycles. The summed E-state index contributed by atoms with van der Waals surface area (Å²) in [5.41, 5.74) is 5.45. The molecule has 0 aromatic heterocycles. The first kappa shape index (κ1) is 23.7. The van der Waals surface area contributed by atoms with Gasteiger partial charge in [0.15, 0.2) is 0 Å². The second-order valence-electron chi connectivity index (χ2n) is 9.54. The van der Waals surface area contributed by atoms with Crippen LogP contribution < -0.4 is 9.80 Å². The Bertz CT molecular complexity index is 1040. The summed E-state index contributed by atoms with van der Waals surface area (Å²) in [6.45, 7) is 8.99. The molecule has 32 heavy (non-hydrogen) atoms. The molecule has 168 valence electrons. The Morgan fingerprint density at radius 2 is 0.844 bits per heavy atom. The van der Waals surface area contributed by atoms with Gasteiger partial charge >= 0.3 is 0 Å². The van der Waals surface area contributed by atoms with Crippen molar-refractivity contribution in [2.75, 3.05) is 38.0 Å². The first-order valence-electron chi connectivity index (χ1n) is 11.6. The molecule has 2 heteroatoms. The Morgan fingerprint density at radius 1 is 0.438 bits per heavy atom. The van der Waals surface area contributed by atoms with Gasteiger partial charge in [-0.3, -0.25) is 0 Å². The van der Waals surface area contributed by atoms with E-state index < -0.39 is 0 Å². The van der Waals surface area contributed by atoms with Gasteiger partial charge in [-0.25, -0.2) is 0 Å². The summed E-state index contributed by atoms with van der Waals surface area (Å²) in [6, 6.07) is 26.3. The number of hydrogen-bond donors (Lipinski definition) is 0. The molecule has 0 aliphatic carbocycles. The molecule has 4 rings (SSSR count). The van der Waals surface area contributed by atoms with E-state index in [0.29, 0.717) is 11.8 Å². The monoisotopic (exact) mass is 426 g/mol. The van der Waals surface area contributed by atoms with Crippen molar-refractivity contribution in [1.82, 2.24) is 0 Å². The number of rotatable bonds is 4. The molecular weight excluding hydrogens is 388 g/mol. The van der Waals surface area contributed by atoms with Gasteiger partial charge in [0.25, 0.3) is 0 Å². The highest BCUT2D eigenvalue weighted by Gasteiger charge is 2.09. The fraction of sp³-hybridized carbons (Fsp3) is 0.333. The Kier molecular flexibility index (Phi) is 7.45. The van der Waals surface area contributed by atoms with Crippen molar-refractivity contribution in [1.29, 1.82) is 0 Å². The van der Waals surface area contributed by atoms with E-state index in [1.807, 2.05) is 0 Å². The Labute approximate surface area is 194 Å². The summed E-state index contributed by atoms with van der Waals surface area (Å²) in [6.07, 6.45) is 0. The summed E-state index contributed by atoms with van der Waals surface area (Å²) in [7, 11) is 8.38. The number of fused-ring (bicyclic) bond motifs is 2. The second-order valence-corrected chi connectivity index (χ2v) is 9.54. The van der Waals surface area contributed by atoms with E-state index in [9.17, 15) is 0 Å². The lowest BCUT2D eigenvalue weighted by Gasteiger charge is -2.18. The van der Waals surface area contributed by atoms with E-state index in [1.54, 1.807) is 0 Å². The van der Waals surface area contributed by atoms with E-state index in [4.69, 9.17) is 0 Å². The number of nitrogens with zero attached hydrogens (tertiary/aromatic N) is 2. The van der Waals surface area contributed by atoms with Crippen LogP contribution in [0.3, 0.4) is 0 Å². The van der Waals surface area contributed by atoms with Crippen molar-refractivity contribution in [3.8, 4) is 0 Å². The predicted octanol–water partition coefficient (Wildman–Crippen LogP) is 8.06. The van der Waals surface area contributed by atoms with E-state index in [-0.39, 0.29) is 0 Å². The van der Waals surface area contributed by atoms with Crippen LogP contribution in [-0.2, 0) is 0 Å². The molecule has 4 aromatic rings. The molecule has 0 unspecified atom stereocenters. The largest absolute Gasteiger partial charge is 0.377 e. The average Bonchev–Trinajstić information content (AvgIpc) is 2.77. The van der Waals surface area contributed by atoms with E-state index in [2.05, 4.69) is 138 Å². The van der Waals surface area contributed by atoms with Gasteiger partial charge in [0.05, 0.1) is 0 Å². The second kappa shape index (κ2) is 10.1. The van der Waals surface area contributed by atoms with Gasteiger partial charge in [-0.05, 0) is 45.9 Å². The van der Waals surface area contributed by atoms with Gasteiger partial charge in [-0.15, -0.1) is 0 Å². The molecule has 0 aliphatic rings. The lowest BCUT2D eigenvalue weighted by Crippen LogP contribution is -2.09. The molecule has 0 aliphatic heterocycles. The molecule has 0 atom stereocenters. The third-order valence-electron chi connectivity index (χ3n) is 6.08. The quantitative estimate of drug-likeness (QED) is 0.325. The summed E-state index contributed by atoms with van der Waals surface area (Å²) in [4.78, 5) is 4.35. The van der Waals surface area contributed by atoms with Crippen LogP contribution in [0.2, 0.25) is 0 Å². The topological polar surface area (TPSA) is 6.48 Å². The van der Waals surface area contributed by atoms with Crippen molar-refractivity contribution in [2.45, 2.75) is 39.5 Å². The summed E-state index contributed by atoms with van der Waals surface area (Å²) in [5, 5.41) is 5.45. The highest BCUT2D eigenvalue weighted by atomic mass is 15.1. The van der Waals surface area contributed by atoms with Gasteiger partial charge in [0.2, 0.25) is 0 Å². The van der Waals surface area contributed by atoms with Crippen molar-refractivity contribution in [2.24, 2.45) is 0 Å². The molecule has 0 N–H and O–H groups in total. The van der Waals surface area contributed by atoms with E-state index >= 15 is 0 Å². The van der Waals surface area contributed by atoms with Crippen molar-refractivity contribution < 1.29 is 0 Å². The average molecular weight is 427 g/mol. The fourth-order valence-corrected chi connectivity index (χ4v) is 4.41. The molecule has 0 heterocycles. The lowest BCUT2D eigenvalue weighted by atomic mass is 9.95. The maximum Gasteiger partial charge on any atom is 0.0440 e. The SMILES string of the molecule is CC(C)c1ccc(N(C)C)c2ccccc12.CC(C)c1cccc2c(N(C)C)cccc12. The zero-order valence-corrected chi connectivity index (χ0v) is 21.0. The molecular formula is C30H38N2. The molecule has 0 radical (unpaired) electrons. The lowest BCUT2D eigenvalue weighted by molar-refractivity contribution is 0.876. The van der Waals surface area contributed by atoms with E-state index in [1.165, 1.54) is 44.0 Å². The highest BCUT2D eigenvalue weighted by Crippen LogP contribution is 2.32. The van der Waals surface area contributed by atoms with Crippen LogP contribution >= 0.6 is 0 Å². The van der Waals surface area contributed by atoms with Crippen LogP contribution in [0, 0.1) is 0 Å². The minimum atomic E-state index is 0.570. The summed E-state index contributed by atoms with van der Waals surface area (Å²) >= 11 is 0. The zero-order valence-electron chi connectivity index (χ0n) is 21.0. The predicted molar refractivity (Wildman–Crippen MR) is 145 cm³/mol. The first-order valence-corrected chi connectivity index (χ1v) is 11.6. The molecule has 0 spiro atoms. The minimum Gasteiger partial charge on any atom is -0.377 e. The molecule has 0 bridgehead atoms. The maximum absolute atomic E-state index is 2.25. The van der Waals surface area contributed by atoms with Crippen molar-refractivity contribution >= 4 is 32.9 Å². The molecule has 0 amide bonds. The standard InChI is InChI=1S/2C15H19N/c1-11(2)12-7-5-9-14-13(12)8-6-10-15(14)16(3)4;1-11(2)12-9-10-15(16(3)4)14-8-6-5-7-13(12)14/h2*5-11H,1-4H3. The Balaban J connectivity index is 0.000000181. The smallest absolute Gasteiger partial charge is 0.0440 e. The Hall–Kier alpha value is -3.00. The molecule has 0 fully saturated rings. The van der Waals surface area contributed by atoms with Gasteiger partial charge in [0.1, 0.15) is 0 Å². The normalized spacial score (nSPS) is 11.1. The highest BCUT2D eigenvalue weighted by molar-refractivity contribution is 5.97. The van der Waals surface area contributed by atoms with Gasteiger partial charge < -0.3 is 9.80 Å². The van der Waals surface area contributed by atoms with Gasteiger partial charge in [0, 0.05) is 50.3 Å². The van der Waals surface area contributed by atoms with Gasteiger partial charge in [-0.1, -0.05) is 88.4 Å². The number of hydrogen-bond acceptors (Lipinski definition) is 2. The molecule has 0 saturated heterocycles. The van der Waals surface area contributed by atoms with Crippen LogP contribution in [0.5, 0.6) is 0 Å². The maximum atomic E-state index is 2.25. The minimum absolute atomic E-state index is 0.570. The van der Waals surface area contributed by atoms with Crippen LogP contribution in [-0.4, -0.2) is 28.2 Å². The third kappa shape index (κ3) is 4.91. The molecule has 4 aromatic carbocycles. The van der Waals surface area contributed by atoms with Crippen LogP contribution in [0.25, 0.3) is 21.5 Å². The van der Waals surface area contributed by atoms with Crippen molar-refractivity contribution in [3.63, 3.8) is 0 Å². The number of benzene rings is 4. The Morgan fingerprint density at radius 3 is 1.38 bits per heavy atom. The summed E-state index contributed by atoms with van der Waals surface area (Å²) in [5.74, 6) is 1.14. The van der Waals surface area contributed by atoms with Crippen LogP contribution in [0.15, 0.2) is 72.8 Å². The summed E-state index contributed by atoms with van der Waals surface area (Å²) < 4.78 is 0.